The van der Waals surface area contributed by atoms with Gasteiger partial charge in [-0.1, -0.05) is 29.3 Å². The maximum Gasteiger partial charge on any atom is 0.340 e. The first-order valence-corrected chi connectivity index (χ1v) is 12.5. The molecule has 184 valence electrons. The van der Waals surface area contributed by atoms with Crippen LogP contribution < -0.4 is 0 Å². The van der Waals surface area contributed by atoms with Crippen LogP contribution >= 0.6 is 0 Å². The minimum atomic E-state index is -0.468. The van der Waals surface area contributed by atoms with Crippen LogP contribution in [0.15, 0.2) is 52.8 Å². The summed E-state index contributed by atoms with van der Waals surface area (Å²) in [5, 5.41) is 0. The second kappa shape index (κ2) is 10.1. The molecule has 2 heterocycles. The van der Waals surface area contributed by atoms with E-state index in [0.717, 1.165) is 41.9 Å². The summed E-state index contributed by atoms with van der Waals surface area (Å²) in [5.41, 5.74) is 9.43. The smallest absolute Gasteiger partial charge is 0.340 e. The standard InChI is InChI=1S/C30H36N2O3/c1-19-12-13-27(20(2)16-19)32-21(3)17-25(22(32)4)18-26-28(30(34)35-6)23(5)31(29(26)33)15-14-24-10-8-7-9-11-24/h10,12-13,16-18H,7-9,11,14-15H2,1-6H3/b26-18-. The number of rotatable bonds is 6. The third-order valence-corrected chi connectivity index (χ3v) is 7.31. The minimum absolute atomic E-state index is 0.129. The quantitative estimate of drug-likeness (QED) is 0.283. The number of allylic oxidation sites excluding steroid dienone is 2. The molecule has 35 heavy (non-hydrogen) atoms. The third-order valence-electron chi connectivity index (χ3n) is 7.31. The Labute approximate surface area is 208 Å². The van der Waals surface area contributed by atoms with Crippen molar-refractivity contribution in [3.05, 3.63) is 80.8 Å². The number of aryl methyl sites for hydroxylation is 3. The second-order valence-corrected chi connectivity index (χ2v) is 9.78. The molecule has 0 unspecified atom stereocenters. The fourth-order valence-corrected chi connectivity index (χ4v) is 5.40. The van der Waals surface area contributed by atoms with E-state index in [1.165, 1.54) is 36.7 Å². The van der Waals surface area contributed by atoms with Crippen molar-refractivity contribution in [3.63, 3.8) is 0 Å². The summed E-state index contributed by atoms with van der Waals surface area (Å²) in [7, 11) is 1.37. The Kier molecular flexibility index (Phi) is 7.15. The minimum Gasteiger partial charge on any atom is -0.465 e. The van der Waals surface area contributed by atoms with Gasteiger partial charge in [0, 0.05) is 29.3 Å². The van der Waals surface area contributed by atoms with Crippen LogP contribution in [-0.4, -0.2) is 35.0 Å². The van der Waals surface area contributed by atoms with Crippen molar-refractivity contribution in [2.45, 2.75) is 66.7 Å². The predicted octanol–water partition coefficient (Wildman–Crippen LogP) is 6.27. The monoisotopic (exact) mass is 472 g/mol. The van der Waals surface area contributed by atoms with Crippen molar-refractivity contribution in [3.8, 4) is 5.69 Å². The molecule has 2 aromatic rings. The highest BCUT2D eigenvalue weighted by Crippen LogP contribution is 2.34. The van der Waals surface area contributed by atoms with Gasteiger partial charge in [-0.25, -0.2) is 4.79 Å². The first-order valence-electron chi connectivity index (χ1n) is 12.5. The lowest BCUT2D eigenvalue weighted by molar-refractivity contribution is -0.136. The maximum atomic E-state index is 13.6. The van der Waals surface area contributed by atoms with Crippen LogP contribution in [0.2, 0.25) is 0 Å². The van der Waals surface area contributed by atoms with Gasteiger partial charge in [0.05, 0.1) is 18.3 Å². The summed E-state index contributed by atoms with van der Waals surface area (Å²) >= 11 is 0. The van der Waals surface area contributed by atoms with Crippen LogP contribution in [0.1, 0.15) is 67.1 Å². The molecule has 0 saturated carbocycles. The summed E-state index contributed by atoms with van der Waals surface area (Å²) in [6.07, 6.45) is 9.68. The Morgan fingerprint density at radius 3 is 2.51 bits per heavy atom. The summed E-state index contributed by atoms with van der Waals surface area (Å²) < 4.78 is 7.30. The molecule has 0 saturated heterocycles. The SMILES string of the molecule is COC(=O)C1=C(C)N(CCC2=CCCCC2)C(=O)/C1=C\c1cc(C)n(-c2ccc(C)cc2C)c1C. The van der Waals surface area contributed by atoms with Crippen LogP contribution in [0, 0.1) is 27.7 Å². The number of ether oxygens (including phenoxy) is 1. The lowest BCUT2D eigenvalue weighted by atomic mass is 9.97. The molecule has 4 rings (SSSR count). The number of amides is 1. The summed E-state index contributed by atoms with van der Waals surface area (Å²) in [6.45, 7) is 10.8. The molecule has 1 aliphatic heterocycles. The highest BCUT2D eigenvalue weighted by Gasteiger charge is 2.37. The van der Waals surface area contributed by atoms with Gasteiger partial charge >= 0.3 is 5.97 Å². The van der Waals surface area contributed by atoms with E-state index in [9.17, 15) is 9.59 Å². The van der Waals surface area contributed by atoms with E-state index in [2.05, 4.69) is 62.6 Å². The number of esters is 1. The Balaban J connectivity index is 1.72. The molecular weight excluding hydrogens is 436 g/mol. The summed E-state index contributed by atoms with van der Waals surface area (Å²) in [6, 6.07) is 8.50. The lowest BCUT2D eigenvalue weighted by Crippen LogP contribution is -2.26. The van der Waals surface area contributed by atoms with E-state index in [1.807, 2.05) is 13.0 Å². The zero-order valence-corrected chi connectivity index (χ0v) is 21.8. The van der Waals surface area contributed by atoms with Crippen molar-refractivity contribution in [1.82, 2.24) is 9.47 Å². The number of aromatic nitrogens is 1. The van der Waals surface area contributed by atoms with E-state index in [1.54, 1.807) is 4.90 Å². The van der Waals surface area contributed by atoms with Crippen molar-refractivity contribution in [2.75, 3.05) is 13.7 Å². The van der Waals surface area contributed by atoms with Crippen LogP contribution in [0.4, 0.5) is 0 Å². The van der Waals surface area contributed by atoms with Gasteiger partial charge in [0.25, 0.3) is 5.91 Å². The van der Waals surface area contributed by atoms with Gasteiger partial charge in [0.15, 0.2) is 0 Å². The lowest BCUT2D eigenvalue weighted by Gasteiger charge is -2.20. The zero-order valence-electron chi connectivity index (χ0n) is 21.8. The molecular formula is C30H36N2O3. The number of methoxy groups -OCH3 is 1. The van der Waals surface area contributed by atoms with Crippen molar-refractivity contribution in [1.29, 1.82) is 0 Å². The van der Waals surface area contributed by atoms with Crippen LogP contribution in [0.5, 0.6) is 0 Å². The molecule has 0 spiro atoms. The molecule has 1 aromatic carbocycles. The molecule has 1 aliphatic carbocycles. The number of benzene rings is 1. The molecule has 0 radical (unpaired) electrons. The van der Waals surface area contributed by atoms with Crippen LogP contribution in [0.25, 0.3) is 11.8 Å². The average Bonchev–Trinajstić information content (AvgIpc) is 3.24. The van der Waals surface area contributed by atoms with Crippen molar-refractivity contribution < 1.29 is 14.3 Å². The van der Waals surface area contributed by atoms with Gasteiger partial charge in [-0.15, -0.1) is 0 Å². The number of carbonyl (C=O) groups excluding carboxylic acids is 2. The maximum absolute atomic E-state index is 13.6. The van der Waals surface area contributed by atoms with Gasteiger partial charge in [0.1, 0.15) is 0 Å². The van der Waals surface area contributed by atoms with E-state index < -0.39 is 5.97 Å². The highest BCUT2D eigenvalue weighted by molar-refractivity contribution is 6.16. The Morgan fingerprint density at radius 1 is 1.09 bits per heavy atom. The largest absolute Gasteiger partial charge is 0.465 e. The van der Waals surface area contributed by atoms with Gasteiger partial charge < -0.3 is 14.2 Å². The molecule has 2 aliphatic rings. The first kappa shape index (κ1) is 24.8. The van der Waals surface area contributed by atoms with Crippen molar-refractivity contribution in [2.24, 2.45) is 0 Å². The molecule has 0 atom stereocenters. The highest BCUT2D eigenvalue weighted by atomic mass is 16.5. The molecule has 5 nitrogen and oxygen atoms in total. The van der Waals surface area contributed by atoms with E-state index in [0.29, 0.717) is 23.4 Å². The van der Waals surface area contributed by atoms with Gasteiger partial charge in [-0.05, 0) is 96.1 Å². The van der Waals surface area contributed by atoms with Gasteiger partial charge in [-0.2, -0.15) is 0 Å². The van der Waals surface area contributed by atoms with Gasteiger partial charge in [-0.3, -0.25) is 4.79 Å². The number of nitrogens with zero attached hydrogens (tertiary/aromatic N) is 2. The summed E-state index contributed by atoms with van der Waals surface area (Å²) in [5.74, 6) is -0.597. The molecule has 0 N–H and O–H groups in total. The Bertz CT molecular complexity index is 1270. The molecule has 5 heteroatoms. The van der Waals surface area contributed by atoms with Crippen LogP contribution in [0.3, 0.4) is 0 Å². The normalized spacial score (nSPS) is 17.4. The molecule has 1 aromatic heterocycles. The fourth-order valence-electron chi connectivity index (χ4n) is 5.40. The topological polar surface area (TPSA) is 51.5 Å². The van der Waals surface area contributed by atoms with E-state index in [-0.39, 0.29) is 5.91 Å². The van der Waals surface area contributed by atoms with Crippen molar-refractivity contribution >= 4 is 18.0 Å². The number of carbonyl (C=O) groups is 2. The van der Waals surface area contributed by atoms with Gasteiger partial charge in [0.2, 0.25) is 0 Å². The third kappa shape index (κ3) is 4.77. The first-order chi connectivity index (χ1) is 16.7. The van der Waals surface area contributed by atoms with Crippen LogP contribution in [-0.2, 0) is 14.3 Å². The number of hydrogen-bond acceptors (Lipinski definition) is 3. The summed E-state index contributed by atoms with van der Waals surface area (Å²) in [4.78, 5) is 28.1. The second-order valence-electron chi connectivity index (χ2n) is 9.78. The predicted molar refractivity (Wildman–Crippen MR) is 140 cm³/mol. The molecule has 1 amide bonds. The number of hydrogen-bond donors (Lipinski definition) is 0. The Morgan fingerprint density at radius 2 is 1.86 bits per heavy atom. The van der Waals surface area contributed by atoms with E-state index >= 15 is 0 Å². The van der Waals surface area contributed by atoms with E-state index in [4.69, 9.17) is 4.74 Å². The average molecular weight is 473 g/mol. The molecule has 0 bridgehead atoms. The molecule has 0 fully saturated rings. The fraction of sp³-hybridized carbons (Fsp3) is 0.400. The zero-order chi connectivity index (χ0) is 25.3. The Hall–Kier alpha value is -3.34.